The molecule has 15 heavy (non-hydrogen) atoms. The van der Waals surface area contributed by atoms with Gasteiger partial charge in [0, 0.05) is 0 Å². The van der Waals surface area contributed by atoms with Gasteiger partial charge in [0.2, 0.25) is 0 Å². The predicted molar refractivity (Wildman–Crippen MR) is 45.9 cm³/mol. The van der Waals surface area contributed by atoms with Gasteiger partial charge in [0.15, 0.2) is 0 Å². The molecule has 0 saturated carbocycles. The Hall–Kier alpha value is -1.74. The van der Waals surface area contributed by atoms with Gasteiger partial charge in [-0.2, -0.15) is 5.26 Å². The molecule has 1 N–H and O–H groups in total. The molecule has 0 aliphatic carbocycles. The highest BCUT2D eigenvalue weighted by Crippen LogP contribution is 2.24. The Morgan fingerprint density at radius 1 is 1.67 bits per heavy atom. The number of rotatable bonds is 2. The number of nitrogens with zero attached hydrogens (tertiary/aromatic N) is 2. The lowest BCUT2D eigenvalue weighted by Crippen LogP contribution is -2.05. The summed E-state index contributed by atoms with van der Waals surface area (Å²) >= 11 is 5.39. The van der Waals surface area contributed by atoms with Crippen molar-refractivity contribution in [3.63, 3.8) is 0 Å². The molecule has 4 nitrogen and oxygen atoms in total. The van der Waals surface area contributed by atoms with E-state index in [4.69, 9.17) is 22.0 Å². The molecule has 1 rings (SSSR count). The van der Waals surface area contributed by atoms with E-state index < -0.39 is 34.4 Å². The maximum Gasteiger partial charge on any atom is 0.337 e. The molecular weight excluding hydrogens is 230 g/mol. The summed E-state index contributed by atoms with van der Waals surface area (Å²) in [4.78, 5) is 13.8. The molecule has 0 saturated heterocycles. The van der Waals surface area contributed by atoms with Crippen LogP contribution in [0.1, 0.15) is 28.0 Å². The third kappa shape index (κ3) is 2.19. The van der Waals surface area contributed by atoms with Gasteiger partial charge in [-0.15, -0.1) is 0 Å². The Balaban J connectivity index is 3.47. The van der Waals surface area contributed by atoms with Crippen molar-refractivity contribution in [3.8, 4) is 6.07 Å². The minimum Gasteiger partial charge on any atom is -0.478 e. The molecule has 0 radical (unpaired) electrons. The highest BCUT2D eigenvalue weighted by atomic mass is 35.5. The second kappa shape index (κ2) is 4.19. The van der Waals surface area contributed by atoms with Crippen molar-refractivity contribution in [2.24, 2.45) is 0 Å². The molecule has 0 spiro atoms. The zero-order valence-corrected chi connectivity index (χ0v) is 7.79. The molecule has 0 amide bonds. The maximum atomic E-state index is 12.2. The van der Waals surface area contributed by atoms with Crippen LogP contribution in [0.15, 0.2) is 6.07 Å². The van der Waals surface area contributed by atoms with Crippen LogP contribution >= 0.6 is 11.6 Å². The molecule has 0 aromatic carbocycles. The largest absolute Gasteiger partial charge is 0.478 e. The molecule has 0 unspecified atom stereocenters. The first-order valence-electron chi connectivity index (χ1n) is 3.59. The molecule has 0 fully saturated rings. The van der Waals surface area contributed by atoms with Crippen LogP contribution in [0.3, 0.4) is 0 Å². The standard InChI is InChI=1S/C8H3ClF2N2O2/c9-6-4(2-12)3(8(14)15)1-5(13-6)7(10)11/h1,7H,(H,14,15). The minimum atomic E-state index is -2.94. The Labute approximate surface area is 87.7 Å². The summed E-state index contributed by atoms with van der Waals surface area (Å²) in [5.74, 6) is -1.50. The normalized spacial score (nSPS) is 10.1. The lowest BCUT2D eigenvalue weighted by Gasteiger charge is -2.04. The average Bonchev–Trinajstić information content (AvgIpc) is 2.16. The summed E-state index contributed by atoms with van der Waals surface area (Å²) in [7, 11) is 0. The second-order valence-electron chi connectivity index (χ2n) is 2.48. The lowest BCUT2D eigenvalue weighted by molar-refractivity contribution is 0.0695. The third-order valence-electron chi connectivity index (χ3n) is 1.56. The quantitative estimate of drug-likeness (QED) is 0.794. The number of carboxylic acid groups (broad SMARTS) is 1. The zero-order chi connectivity index (χ0) is 11.6. The highest BCUT2D eigenvalue weighted by Gasteiger charge is 2.20. The number of hydrogen-bond acceptors (Lipinski definition) is 3. The number of halogens is 3. The van der Waals surface area contributed by atoms with E-state index in [1.807, 2.05) is 0 Å². The molecular formula is C8H3ClF2N2O2. The van der Waals surface area contributed by atoms with E-state index in [1.54, 1.807) is 0 Å². The number of aromatic nitrogens is 1. The third-order valence-corrected chi connectivity index (χ3v) is 1.83. The Morgan fingerprint density at radius 2 is 2.27 bits per heavy atom. The molecule has 7 heteroatoms. The van der Waals surface area contributed by atoms with Crippen molar-refractivity contribution in [1.82, 2.24) is 4.98 Å². The van der Waals surface area contributed by atoms with Gasteiger partial charge in [-0.25, -0.2) is 18.6 Å². The van der Waals surface area contributed by atoms with Crippen molar-refractivity contribution in [2.75, 3.05) is 0 Å². The van der Waals surface area contributed by atoms with Gasteiger partial charge in [0.25, 0.3) is 6.43 Å². The van der Waals surface area contributed by atoms with Crippen LogP contribution in [0.2, 0.25) is 5.15 Å². The minimum absolute atomic E-state index is 0.423. The van der Waals surface area contributed by atoms with E-state index in [0.29, 0.717) is 6.07 Å². The summed E-state index contributed by atoms with van der Waals surface area (Å²) in [6.45, 7) is 0. The van der Waals surface area contributed by atoms with E-state index in [-0.39, 0.29) is 0 Å². The van der Waals surface area contributed by atoms with Crippen molar-refractivity contribution >= 4 is 17.6 Å². The second-order valence-corrected chi connectivity index (χ2v) is 2.84. The van der Waals surface area contributed by atoms with E-state index in [9.17, 15) is 13.6 Å². The highest BCUT2D eigenvalue weighted by molar-refractivity contribution is 6.31. The van der Waals surface area contributed by atoms with Crippen molar-refractivity contribution in [3.05, 3.63) is 28.0 Å². The number of hydrogen-bond donors (Lipinski definition) is 1. The van der Waals surface area contributed by atoms with Gasteiger partial charge < -0.3 is 5.11 Å². The SMILES string of the molecule is N#Cc1c(C(=O)O)cc(C(F)F)nc1Cl. The van der Waals surface area contributed by atoms with Gasteiger partial charge in [0.05, 0.1) is 5.56 Å². The topological polar surface area (TPSA) is 74.0 Å². The maximum absolute atomic E-state index is 12.2. The van der Waals surface area contributed by atoms with Crippen LogP contribution in [-0.4, -0.2) is 16.1 Å². The number of carboxylic acids is 1. The summed E-state index contributed by atoms with van der Waals surface area (Å²) in [5, 5.41) is 16.7. The van der Waals surface area contributed by atoms with Crippen LogP contribution in [0.25, 0.3) is 0 Å². The summed E-state index contributed by atoms with van der Waals surface area (Å²) < 4.78 is 24.5. The van der Waals surface area contributed by atoms with E-state index in [1.165, 1.54) is 6.07 Å². The molecule has 0 aliphatic heterocycles. The zero-order valence-electron chi connectivity index (χ0n) is 7.04. The molecule has 1 aromatic heterocycles. The summed E-state index contributed by atoms with van der Waals surface area (Å²) in [6.07, 6.45) is -2.94. The van der Waals surface area contributed by atoms with Crippen LogP contribution in [-0.2, 0) is 0 Å². The fraction of sp³-hybridized carbons (Fsp3) is 0.125. The van der Waals surface area contributed by atoms with Gasteiger partial charge in [0.1, 0.15) is 22.5 Å². The summed E-state index contributed by atoms with van der Waals surface area (Å²) in [5.41, 5.74) is -1.77. The van der Waals surface area contributed by atoms with Gasteiger partial charge in [-0.05, 0) is 6.07 Å². The van der Waals surface area contributed by atoms with Crippen molar-refractivity contribution < 1.29 is 18.7 Å². The van der Waals surface area contributed by atoms with Crippen molar-refractivity contribution in [1.29, 1.82) is 5.26 Å². The first-order valence-corrected chi connectivity index (χ1v) is 3.97. The first kappa shape index (κ1) is 11.3. The monoisotopic (exact) mass is 232 g/mol. The fourth-order valence-corrected chi connectivity index (χ4v) is 1.16. The van der Waals surface area contributed by atoms with Crippen LogP contribution in [0.4, 0.5) is 8.78 Å². The molecule has 0 aliphatic rings. The molecule has 1 aromatic rings. The van der Waals surface area contributed by atoms with Gasteiger partial charge in [-0.3, -0.25) is 0 Å². The summed E-state index contributed by atoms with van der Waals surface area (Å²) in [6, 6.07) is 2.13. The van der Waals surface area contributed by atoms with E-state index in [2.05, 4.69) is 4.98 Å². The average molecular weight is 233 g/mol. The Kier molecular flexibility index (Phi) is 3.17. The number of aromatic carboxylic acids is 1. The lowest BCUT2D eigenvalue weighted by atomic mass is 10.1. The van der Waals surface area contributed by atoms with Crippen LogP contribution in [0.5, 0.6) is 0 Å². The molecule has 78 valence electrons. The number of nitriles is 1. The van der Waals surface area contributed by atoms with Crippen molar-refractivity contribution in [2.45, 2.75) is 6.43 Å². The number of alkyl halides is 2. The van der Waals surface area contributed by atoms with Gasteiger partial charge in [-0.1, -0.05) is 11.6 Å². The van der Waals surface area contributed by atoms with Gasteiger partial charge >= 0.3 is 5.97 Å². The van der Waals surface area contributed by atoms with E-state index >= 15 is 0 Å². The fourth-order valence-electron chi connectivity index (χ4n) is 0.920. The first-order chi connectivity index (χ1) is 6.97. The Morgan fingerprint density at radius 3 is 2.67 bits per heavy atom. The Bertz CT molecular complexity index is 457. The molecule has 1 heterocycles. The van der Waals surface area contributed by atoms with E-state index in [0.717, 1.165) is 0 Å². The molecule has 0 bridgehead atoms. The number of carbonyl (C=O) groups is 1. The number of pyridine rings is 1. The molecule has 0 atom stereocenters. The predicted octanol–water partition coefficient (Wildman–Crippen LogP) is 2.24. The smallest absolute Gasteiger partial charge is 0.337 e. The van der Waals surface area contributed by atoms with Crippen LogP contribution in [0, 0.1) is 11.3 Å². The van der Waals surface area contributed by atoms with Crippen LogP contribution < -0.4 is 0 Å².